The second-order valence-corrected chi connectivity index (χ2v) is 8.60. The largest absolute Gasteiger partial charge is 0.379 e. The molecule has 3 aromatic rings. The number of amidine groups is 1. The number of hydrogen-bond acceptors (Lipinski definition) is 9. The lowest BCUT2D eigenvalue weighted by atomic mass is 10.0. The zero-order valence-electron chi connectivity index (χ0n) is 19.3. The molecule has 35 heavy (non-hydrogen) atoms. The van der Waals surface area contributed by atoms with Gasteiger partial charge in [0, 0.05) is 24.2 Å². The van der Waals surface area contributed by atoms with E-state index in [0.29, 0.717) is 30.9 Å². The summed E-state index contributed by atoms with van der Waals surface area (Å²) in [5, 5.41) is 26.0. The normalized spacial score (nSPS) is 17.7. The third-order valence-corrected chi connectivity index (χ3v) is 6.33. The van der Waals surface area contributed by atoms with Crippen LogP contribution in [0.15, 0.2) is 28.9 Å². The summed E-state index contributed by atoms with van der Waals surface area (Å²) in [6, 6.07) is 4.23. The van der Waals surface area contributed by atoms with Crippen LogP contribution < -0.4 is 10.6 Å². The van der Waals surface area contributed by atoms with E-state index >= 15 is 0 Å². The Bertz CT molecular complexity index is 1340. The average Bonchev–Trinajstić information content (AvgIpc) is 3.49. The molecule has 5 rings (SSSR count). The van der Waals surface area contributed by atoms with Gasteiger partial charge in [0.25, 0.3) is 11.8 Å². The van der Waals surface area contributed by atoms with Crippen LogP contribution >= 0.6 is 0 Å². The number of hydrogen-bond donors (Lipinski definition) is 3. The van der Waals surface area contributed by atoms with E-state index in [-0.39, 0.29) is 35.7 Å². The zero-order valence-corrected chi connectivity index (χ0v) is 19.3. The second-order valence-electron chi connectivity index (χ2n) is 8.60. The van der Waals surface area contributed by atoms with E-state index in [4.69, 9.17) is 9.93 Å². The van der Waals surface area contributed by atoms with Crippen molar-refractivity contribution in [3.63, 3.8) is 0 Å². The van der Waals surface area contributed by atoms with Crippen molar-refractivity contribution in [2.45, 2.75) is 52.2 Å². The van der Waals surface area contributed by atoms with Gasteiger partial charge in [-0.1, -0.05) is 16.4 Å². The Labute approximate surface area is 200 Å². The molecule has 1 saturated heterocycles. The Morgan fingerprint density at radius 3 is 2.80 bits per heavy atom. The highest BCUT2D eigenvalue weighted by Crippen LogP contribution is 2.32. The summed E-state index contributed by atoms with van der Waals surface area (Å²) in [7, 11) is 0. The minimum Gasteiger partial charge on any atom is -0.379 e. The molecule has 12 nitrogen and oxygen atoms in total. The number of aryl methyl sites for hydroxylation is 3. The van der Waals surface area contributed by atoms with Gasteiger partial charge in [-0.3, -0.25) is 29.4 Å². The monoisotopic (exact) mass is 476 g/mol. The van der Waals surface area contributed by atoms with Crippen molar-refractivity contribution in [2.24, 2.45) is 0 Å². The maximum atomic E-state index is 13.2. The molecule has 0 aliphatic carbocycles. The minimum atomic E-state index is -0.787. The van der Waals surface area contributed by atoms with Crippen molar-refractivity contribution in [3.8, 4) is 0 Å². The highest BCUT2D eigenvalue weighted by molar-refractivity contribution is 6.25. The molecule has 2 aromatic heterocycles. The summed E-state index contributed by atoms with van der Waals surface area (Å²) in [4.78, 5) is 38.9. The fraction of sp³-hybridized carbons (Fsp3) is 0.348. The van der Waals surface area contributed by atoms with Gasteiger partial charge in [-0.25, -0.2) is 0 Å². The van der Waals surface area contributed by atoms with E-state index in [2.05, 4.69) is 26.1 Å². The first-order valence-corrected chi connectivity index (χ1v) is 11.3. The summed E-state index contributed by atoms with van der Waals surface area (Å²) in [5.41, 5.74) is 3.62. The quantitative estimate of drug-likeness (QED) is 0.434. The lowest BCUT2D eigenvalue weighted by Crippen LogP contribution is -2.53. The van der Waals surface area contributed by atoms with Crippen LogP contribution in [0.3, 0.4) is 0 Å². The predicted octanol–water partition coefficient (Wildman–Crippen LogP) is 1.59. The summed E-state index contributed by atoms with van der Waals surface area (Å²) in [5.74, 6) is -0.586. The molecular formula is C23H24N8O4. The second kappa shape index (κ2) is 8.78. The number of benzene rings is 1. The maximum absolute atomic E-state index is 13.2. The van der Waals surface area contributed by atoms with Crippen molar-refractivity contribution in [1.29, 1.82) is 5.41 Å². The molecule has 1 unspecified atom stereocenters. The third kappa shape index (κ3) is 4.07. The molecule has 0 radical (unpaired) electrons. The van der Waals surface area contributed by atoms with Gasteiger partial charge in [0.1, 0.15) is 17.3 Å². The van der Waals surface area contributed by atoms with E-state index in [1.807, 2.05) is 20.0 Å². The molecule has 3 amide bonds. The summed E-state index contributed by atoms with van der Waals surface area (Å²) < 4.78 is 6.93. The van der Waals surface area contributed by atoms with Gasteiger partial charge in [0.15, 0.2) is 0 Å². The first-order valence-electron chi connectivity index (χ1n) is 11.3. The van der Waals surface area contributed by atoms with Gasteiger partial charge in [0.05, 0.1) is 35.6 Å². The van der Waals surface area contributed by atoms with E-state index in [0.717, 1.165) is 21.9 Å². The standard InChI is InChI=1S/C23H24N8O4/c1-12-15(13(2)35-28-12)8-9-30-11-14(27-29-30)10-25-17-5-3-4-16-20(17)23(34)31(22(16)33)18-6-7-19(32)26-21(18)24/h3-5,11,18,25H,6-10H2,1-2H3,(H2,24,26,32). The lowest BCUT2D eigenvalue weighted by Gasteiger charge is -2.30. The molecule has 3 N–H and O–H groups in total. The van der Waals surface area contributed by atoms with E-state index in [9.17, 15) is 14.4 Å². The Morgan fingerprint density at radius 2 is 2.06 bits per heavy atom. The number of anilines is 1. The molecule has 1 atom stereocenters. The van der Waals surface area contributed by atoms with Gasteiger partial charge in [-0.15, -0.1) is 5.10 Å². The van der Waals surface area contributed by atoms with Crippen molar-refractivity contribution >= 4 is 29.2 Å². The molecule has 12 heteroatoms. The number of amides is 3. The van der Waals surface area contributed by atoms with Crippen LogP contribution in [0.25, 0.3) is 0 Å². The van der Waals surface area contributed by atoms with E-state index in [1.54, 1.807) is 22.9 Å². The highest BCUT2D eigenvalue weighted by atomic mass is 16.5. The SMILES string of the molecule is Cc1noc(C)c1CCn1cc(CNc2cccc3c2C(=O)N(C2CCC(=O)NC2=N)C3=O)nn1. The van der Waals surface area contributed by atoms with Crippen molar-refractivity contribution in [3.05, 3.63) is 58.2 Å². The van der Waals surface area contributed by atoms with Crippen LogP contribution in [0.4, 0.5) is 5.69 Å². The first kappa shape index (κ1) is 22.4. The Balaban J connectivity index is 1.27. The number of fused-ring (bicyclic) bond motifs is 1. The number of carbonyl (C=O) groups is 3. The Hall–Kier alpha value is -4.35. The van der Waals surface area contributed by atoms with Gasteiger partial charge in [-0.05, 0) is 38.8 Å². The molecule has 2 aliphatic rings. The molecule has 0 bridgehead atoms. The minimum absolute atomic E-state index is 0.140. The smallest absolute Gasteiger partial charge is 0.264 e. The summed E-state index contributed by atoms with van der Waals surface area (Å²) in [6.45, 7) is 4.70. The fourth-order valence-corrected chi connectivity index (χ4v) is 4.50. The van der Waals surface area contributed by atoms with Gasteiger partial charge < -0.3 is 15.2 Å². The van der Waals surface area contributed by atoms with Crippen LogP contribution in [-0.2, 0) is 24.3 Å². The number of aromatic nitrogens is 4. The van der Waals surface area contributed by atoms with Crippen LogP contribution in [0.1, 0.15) is 56.3 Å². The molecule has 1 fully saturated rings. The first-order chi connectivity index (χ1) is 16.8. The van der Waals surface area contributed by atoms with Crippen LogP contribution in [0.5, 0.6) is 0 Å². The Morgan fingerprint density at radius 1 is 1.23 bits per heavy atom. The van der Waals surface area contributed by atoms with E-state index in [1.165, 1.54) is 0 Å². The van der Waals surface area contributed by atoms with Crippen LogP contribution in [0.2, 0.25) is 0 Å². The fourth-order valence-electron chi connectivity index (χ4n) is 4.50. The molecular weight excluding hydrogens is 452 g/mol. The maximum Gasteiger partial charge on any atom is 0.264 e. The van der Waals surface area contributed by atoms with Crippen molar-refractivity contribution < 1.29 is 18.9 Å². The number of imide groups is 1. The van der Waals surface area contributed by atoms with Gasteiger partial charge in [-0.2, -0.15) is 0 Å². The highest BCUT2D eigenvalue weighted by Gasteiger charge is 2.44. The Kier molecular flexibility index (Phi) is 5.63. The molecule has 0 spiro atoms. The lowest BCUT2D eigenvalue weighted by molar-refractivity contribution is -0.120. The number of carbonyl (C=O) groups excluding carboxylic acids is 3. The zero-order chi connectivity index (χ0) is 24.7. The third-order valence-electron chi connectivity index (χ3n) is 6.33. The molecule has 4 heterocycles. The predicted molar refractivity (Wildman–Crippen MR) is 123 cm³/mol. The van der Waals surface area contributed by atoms with Crippen LogP contribution in [0, 0.1) is 19.3 Å². The van der Waals surface area contributed by atoms with Crippen molar-refractivity contribution in [1.82, 2.24) is 30.4 Å². The number of nitrogens with zero attached hydrogens (tertiary/aromatic N) is 5. The number of nitrogens with one attached hydrogen (secondary N) is 3. The number of piperidine rings is 1. The van der Waals surface area contributed by atoms with Crippen LogP contribution in [-0.4, -0.2) is 54.6 Å². The average molecular weight is 476 g/mol. The molecule has 180 valence electrons. The summed E-state index contributed by atoms with van der Waals surface area (Å²) >= 11 is 0. The van der Waals surface area contributed by atoms with E-state index < -0.39 is 17.9 Å². The number of rotatable bonds is 7. The molecule has 2 aliphatic heterocycles. The molecule has 1 aromatic carbocycles. The van der Waals surface area contributed by atoms with Gasteiger partial charge >= 0.3 is 0 Å². The van der Waals surface area contributed by atoms with Gasteiger partial charge in [0.2, 0.25) is 5.91 Å². The topological polar surface area (TPSA) is 159 Å². The van der Waals surface area contributed by atoms with Crippen molar-refractivity contribution in [2.75, 3.05) is 5.32 Å². The summed E-state index contributed by atoms with van der Waals surface area (Å²) in [6.07, 6.45) is 2.92. The molecule has 0 saturated carbocycles.